The Balaban J connectivity index is 4.92. The van der Waals surface area contributed by atoms with Crippen LogP contribution < -0.4 is 5.73 Å². The van der Waals surface area contributed by atoms with Crippen molar-refractivity contribution in [2.24, 2.45) is 5.73 Å². The van der Waals surface area contributed by atoms with Crippen LogP contribution in [0, 0.1) is 0 Å². The quantitative estimate of drug-likeness (QED) is 0.533. The van der Waals surface area contributed by atoms with Gasteiger partial charge in [-0.2, -0.15) is 0 Å². The number of nitrogens with two attached hydrogens (primary N) is 1. The summed E-state index contributed by atoms with van der Waals surface area (Å²) in [5.74, 6) is -1.44. The second-order valence-corrected chi connectivity index (χ2v) is 5.02. The van der Waals surface area contributed by atoms with E-state index in [1.54, 1.807) is 0 Å². The van der Waals surface area contributed by atoms with Gasteiger partial charge in [0.1, 0.15) is 0 Å². The summed E-state index contributed by atoms with van der Waals surface area (Å²) in [5, 5.41) is 6.52. The summed E-state index contributed by atoms with van der Waals surface area (Å²) in [6, 6.07) is 0. The lowest BCUT2D eigenvalue weighted by atomic mass is 10.2. The van der Waals surface area contributed by atoms with E-state index >= 15 is 0 Å². The molecule has 0 aliphatic rings. The van der Waals surface area contributed by atoms with Crippen molar-refractivity contribution < 1.29 is 19.4 Å². The first-order valence-electron chi connectivity index (χ1n) is 3.08. The molecule has 0 aromatic carbocycles. The molecule has 5 nitrogen and oxygen atoms in total. The van der Waals surface area contributed by atoms with Crippen molar-refractivity contribution in [3.05, 3.63) is 0 Å². The average molecular weight is 181 g/mol. The zero-order valence-corrected chi connectivity index (χ0v) is 7.34. The minimum absolute atomic E-state index is 0.0629. The van der Waals surface area contributed by atoms with Crippen molar-refractivity contribution in [2.75, 3.05) is 6.66 Å². The summed E-state index contributed by atoms with van der Waals surface area (Å²) in [5.41, 5.74) is 5.20. The van der Waals surface area contributed by atoms with Gasteiger partial charge in [-0.05, 0) is 6.42 Å². The first-order valence-corrected chi connectivity index (χ1v) is 5.19. The number of aliphatic carboxylic acids is 1. The zero-order valence-electron chi connectivity index (χ0n) is 6.44. The predicted octanol–water partition coefficient (Wildman–Crippen LogP) is 0.0362. The maximum absolute atomic E-state index is 11.0. The van der Waals surface area contributed by atoms with Gasteiger partial charge >= 0.3 is 5.97 Å². The van der Waals surface area contributed by atoms with E-state index in [1.165, 1.54) is 6.92 Å². The van der Waals surface area contributed by atoms with E-state index in [0.717, 1.165) is 6.66 Å². The van der Waals surface area contributed by atoms with Crippen LogP contribution in [0.2, 0.25) is 0 Å². The molecule has 0 aliphatic carbocycles. The Kier molecular flexibility index (Phi) is 2.83. The van der Waals surface area contributed by atoms with Crippen LogP contribution in [0.4, 0.5) is 0 Å². The molecule has 0 radical (unpaired) electrons. The third-order valence-electron chi connectivity index (χ3n) is 1.65. The number of hydrogen-bond donors (Lipinski definition) is 3. The Labute approximate surface area is 64.7 Å². The van der Waals surface area contributed by atoms with Crippen molar-refractivity contribution >= 4 is 13.3 Å². The lowest BCUT2D eigenvalue weighted by Crippen LogP contribution is -2.46. The van der Waals surface area contributed by atoms with Crippen LogP contribution in [0.5, 0.6) is 0 Å². The highest BCUT2D eigenvalue weighted by Crippen LogP contribution is 2.49. The van der Waals surface area contributed by atoms with Crippen molar-refractivity contribution in [2.45, 2.75) is 18.6 Å². The maximum atomic E-state index is 11.0. The zero-order chi connectivity index (χ0) is 9.28. The van der Waals surface area contributed by atoms with Crippen LogP contribution in [0.25, 0.3) is 0 Å². The van der Waals surface area contributed by atoms with Gasteiger partial charge in [0.15, 0.2) is 5.28 Å². The molecule has 0 fully saturated rings. The Morgan fingerprint density at radius 1 is 1.73 bits per heavy atom. The fourth-order valence-electron chi connectivity index (χ4n) is 0.622. The molecular formula is C5H12NO4P. The molecule has 4 N–H and O–H groups in total. The highest BCUT2D eigenvalue weighted by molar-refractivity contribution is 7.59. The molecule has 66 valence electrons. The van der Waals surface area contributed by atoms with Crippen molar-refractivity contribution in [1.82, 2.24) is 0 Å². The molecular weight excluding hydrogens is 169 g/mol. The molecule has 0 amide bonds. The Morgan fingerprint density at radius 3 is 2.09 bits per heavy atom. The monoisotopic (exact) mass is 181 g/mol. The SMILES string of the molecule is CC[C@@](N)(C(=O)O)P(C)(=O)O. The molecule has 0 aliphatic heterocycles. The minimum atomic E-state index is -3.77. The van der Waals surface area contributed by atoms with E-state index < -0.39 is 18.6 Å². The summed E-state index contributed by atoms with van der Waals surface area (Å²) in [6.07, 6.45) is -0.0629. The van der Waals surface area contributed by atoms with E-state index in [2.05, 4.69) is 0 Å². The van der Waals surface area contributed by atoms with Gasteiger partial charge in [0.2, 0.25) is 7.37 Å². The number of carboxylic acids is 1. The van der Waals surface area contributed by atoms with E-state index in [4.69, 9.17) is 15.7 Å². The molecule has 11 heavy (non-hydrogen) atoms. The predicted molar refractivity (Wildman–Crippen MR) is 40.6 cm³/mol. The van der Waals surface area contributed by atoms with Gasteiger partial charge in [-0.3, -0.25) is 4.57 Å². The second-order valence-electron chi connectivity index (χ2n) is 2.46. The second kappa shape index (κ2) is 2.93. The van der Waals surface area contributed by atoms with Crippen molar-refractivity contribution in [3.63, 3.8) is 0 Å². The van der Waals surface area contributed by atoms with Gasteiger partial charge in [-0.25, -0.2) is 4.79 Å². The molecule has 0 saturated carbocycles. The van der Waals surface area contributed by atoms with Crippen LogP contribution >= 0.6 is 7.37 Å². The first-order chi connectivity index (χ1) is 4.75. The molecule has 1 unspecified atom stereocenters. The normalized spacial score (nSPS) is 21.8. The smallest absolute Gasteiger partial charge is 0.333 e. The maximum Gasteiger partial charge on any atom is 0.333 e. The first kappa shape index (κ1) is 10.6. The average Bonchev–Trinajstić information content (AvgIpc) is 1.83. The van der Waals surface area contributed by atoms with Crippen LogP contribution in [0.3, 0.4) is 0 Å². The Morgan fingerprint density at radius 2 is 2.09 bits per heavy atom. The summed E-state index contributed by atoms with van der Waals surface area (Å²) < 4.78 is 11.0. The topological polar surface area (TPSA) is 101 Å². The molecule has 6 heteroatoms. The minimum Gasteiger partial charge on any atom is -0.479 e. The van der Waals surface area contributed by atoms with E-state index in [0.29, 0.717) is 0 Å². The van der Waals surface area contributed by atoms with E-state index in [-0.39, 0.29) is 6.42 Å². The number of rotatable bonds is 3. The van der Waals surface area contributed by atoms with Gasteiger partial charge < -0.3 is 15.7 Å². The molecule has 0 saturated heterocycles. The summed E-state index contributed by atoms with van der Waals surface area (Å²) in [6.45, 7) is 2.41. The van der Waals surface area contributed by atoms with Gasteiger partial charge in [-0.1, -0.05) is 6.92 Å². The fraction of sp³-hybridized carbons (Fsp3) is 0.800. The van der Waals surface area contributed by atoms with Crippen molar-refractivity contribution in [1.29, 1.82) is 0 Å². The molecule has 0 bridgehead atoms. The standard InChI is InChI=1S/C5H12NO4P/c1-3-5(6,4(7)8)11(2,9)10/h3,6H2,1-2H3,(H,7,8)(H,9,10)/t5-/m0/s1. The van der Waals surface area contributed by atoms with Crippen LogP contribution in [-0.2, 0) is 9.36 Å². The van der Waals surface area contributed by atoms with Gasteiger partial charge in [0, 0.05) is 6.66 Å². The van der Waals surface area contributed by atoms with Crippen LogP contribution in [0.1, 0.15) is 13.3 Å². The van der Waals surface area contributed by atoms with Crippen molar-refractivity contribution in [3.8, 4) is 0 Å². The lowest BCUT2D eigenvalue weighted by molar-refractivity contribution is -0.140. The molecule has 0 rings (SSSR count). The highest BCUT2D eigenvalue weighted by atomic mass is 31.2. The highest BCUT2D eigenvalue weighted by Gasteiger charge is 2.46. The van der Waals surface area contributed by atoms with Crippen LogP contribution in [-0.4, -0.2) is 27.9 Å². The summed E-state index contributed by atoms with van der Waals surface area (Å²) in [4.78, 5) is 19.4. The lowest BCUT2D eigenvalue weighted by Gasteiger charge is -2.25. The van der Waals surface area contributed by atoms with E-state index in [1.807, 2.05) is 0 Å². The van der Waals surface area contributed by atoms with Gasteiger partial charge in [-0.15, -0.1) is 0 Å². The largest absolute Gasteiger partial charge is 0.479 e. The summed E-state index contributed by atoms with van der Waals surface area (Å²) >= 11 is 0. The third-order valence-corrected chi connectivity index (χ3v) is 3.64. The molecule has 0 aromatic heterocycles. The fourth-order valence-corrected chi connectivity index (χ4v) is 1.56. The Bertz CT molecular complexity index is 211. The summed E-state index contributed by atoms with van der Waals surface area (Å²) in [7, 11) is -3.77. The molecule has 0 spiro atoms. The van der Waals surface area contributed by atoms with Gasteiger partial charge in [0.05, 0.1) is 0 Å². The third kappa shape index (κ3) is 1.80. The number of carbonyl (C=O) groups is 1. The van der Waals surface area contributed by atoms with Gasteiger partial charge in [0.25, 0.3) is 0 Å². The number of carboxylic acid groups (broad SMARTS) is 1. The molecule has 2 atom stereocenters. The van der Waals surface area contributed by atoms with E-state index in [9.17, 15) is 9.36 Å². The molecule has 0 aromatic rings. The molecule has 0 heterocycles. The number of hydrogen-bond acceptors (Lipinski definition) is 3. The Hall–Kier alpha value is -0.380. The van der Waals surface area contributed by atoms with Crippen LogP contribution in [0.15, 0.2) is 0 Å².